The summed E-state index contributed by atoms with van der Waals surface area (Å²) >= 11 is 0. The van der Waals surface area contributed by atoms with E-state index in [1.54, 1.807) is 6.07 Å². The Bertz CT molecular complexity index is 601. The first-order valence-electron chi connectivity index (χ1n) is 8.12. The lowest BCUT2D eigenvalue weighted by Gasteiger charge is -2.26. The van der Waals surface area contributed by atoms with Crippen LogP contribution in [0.5, 0.6) is 5.75 Å². The number of carbonyl (C=O) groups excluding carboxylic acids is 2. The lowest BCUT2D eigenvalue weighted by molar-refractivity contribution is -0.124. The van der Waals surface area contributed by atoms with E-state index in [4.69, 9.17) is 15.2 Å². The van der Waals surface area contributed by atoms with E-state index in [0.29, 0.717) is 24.4 Å². The van der Waals surface area contributed by atoms with Crippen LogP contribution in [-0.4, -0.2) is 37.7 Å². The molecule has 0 spiro atoms. The van der Waals surface area contributed by atoms with Crippen molar-refractivity contribution in [1.29, 1.82) is 0 Å². The summed E-state index contributed by atoms with van der Waals surface area (Å²) in [4.78, 5) is 23.8. The van der Waals surface area contributed by atoms with Crippen LogP contribution in [0, 0.1) is 0 Å². The van der Waals surface area contributed by atoms with Crippen molar-refractivity contribution in [3.05, 3.63) is 23.8 Å². The molecule has 1 aliphatic heterocycles. The molecule has 0 bridgehead atoms. The minimum Gasteiger partial charge on any atom is -0.478 e. The van der Waals surface area contributed by atoms with Crippen LogP contribution in [0.25, 0.3) is 0 Å². The number of nitrogens with one attached hydrogen (secondary N) is 2. The van der Waals surface area contributed by atoms with Crippen LogP contribution in [0.4, 0.5) is 5.69 Å². The third kappa shape index (κ3) is 4.24. The van der Waals surface area contributed by atoms with Crippen molar-refractivity contribution in [3.63, 3.8) is 0 Å². The van der Waals surface area contributed by atoms with E-state index < -0.39 is 6.10 Å². The fraction of sp³-hybridized carbons (Fsp3) is 0.529. The average Bonchev–Trinajstić information content (AvgIpc) is 2.58. The average molecular weight is 335 g/mol. The van der Waals surface area contributed by atoms with E-state index in [2.05, 4.69) is 10.6 Å². The van der Waals surface area contributed by atoms with Gasteiger partial charge < -0.3 is 25.8 Å². The topological polar surface area (TPSA) is 103 Å². The molecule has 0 saturated heterocycles. The third-order valence-corrected chi connectivity index (χ3v) is 4.08. The summed E-state index contributed by atoms with van der Waals surface area (Å²) in [5, 5.41) is 5.75. The van der Waals surface area contributed by atoms with Crippen LogP contribution in [0.2, 0.25) is 0 Å². The highest BCUT2D eigenvalue weighted by Gasteiger charge is 2.26. The molecule has 132 valence electrons. The Morgan fingerprint density at radius 1 is 1.50 bits per heavy atom. The van der Waals surface area contributed by atoms with Gasteiger partial charge in [-0.3, -0.25) is 9.59 Å². The molecule has 24 heavy (non-hydrogen) atoms. The molecule has 0 fully saturated rings. The normalized spacial score (nSPS) is 18.8. The Morgan fingerprint density at radius 2 is 2.25 bits per heavy atom. The zero-order valence-electron chi connectivity index (χ0n) is 14.3. The van der Waals surface area contributed by atoms with E-state index in [-0.39, 0.29) is 30.4 Å². The van der Waals surface area contributed by atoms with Crippen molar-refractivity contribution in [3.8, 4) is 5.75 Å². The number of rotatable bonds is 7. The van der Waals surface area contributed by atoms with Crippen LogP contribution in [0.1, 0.15) is 38.3 Å². The van der Waals surface area contributed by atoms with Gasteiger partial charge in [0.2, 0.25) is 5.91 Å². The number of hydrogen-bond donors (Lipinski definition) is 3. The molecular formula is C17H25N3O4. The number of benzene rings is 1. The fourth-order valence-electron chi connectivity index (χ4n) is 2.55. The van der Waals surface area contributed by atoms with Crippen LogP contribution in [0.15, 0.2) is 18.2 Å². The van der Waals surface area contributed by atoms with Crippen molar-refractivity contribution in [2.45, 2.75) is 44.9 Å². The van der Waals surface area contributed by atoms with Gasteiger partial charge in [-0.1, -0.05) is 13.0 Å². The monoisotopic (exact) mass is 335 g/mol. The molecule has 2 rings (SSSR count). The number of methoxy groups -OCH3 is 1. The maximum absolute atomic E-state index is 12.1. The van der Waals surface area contributed by atoms with Crippen molar-refractivity contribution >= 4 is 17.5 Å². The van der Waals surface area contributed by atoms with Gasteiger partial charge in [0.05, 0.1) is 24.3 Å². The van der Waals surface area contributed by atoms with E-state index in [1.807, 2.05) is 26.0 Å². The van der Waals surface area contributed by atoms with Crippen molar-refractivity contribution < 1.29 is 19.1 Å². The number of nitrogens with two attached hydrogens (primary N) is 1. The lowest BCUT2D eigenvalue weighted by atomic mass is 10.1. The van der Waals surface area contributed by atoms with Crippen molar-refractivity contribution in [2.24, 2.45) is 5.73 Å². The molecule has 7 nitrogen and oxygen atoms in total. The van der Waals surface area contributed by atoms with Gasteiger partial charge >= 0.3 is 0 Å². The third-order valence-electron chi connectivity index (χ3n) is 4.08. The molecule has 0 aromatic heterocycles. The second kappa shape index (κ2) is 8.12. The fourth-order valence-corrected chi connectivity index (χ4v) is 2.55. The standard InChI is InChI=1S/C17H25N3O4/c1-4-14-17(22)20-13-6-5-11(7-15(13)24-14)10(2)19-16(21)8-12(9-18)23-3/h5-7,10,12,14H,4,8-9,18H2,1-3H3,(H,19,21)(H,20,22). The van der Waals surface area contributed by atoms with Crippen LogP contribution in [0.3, 0.4) is 0 Å². The Hall–Kier alpha value is -2.12. The number of fused-ring (bicyclic) bond motifs is 1. The summed E-state index contributed by atoms with van der Waals surface area (Å²) in [6.45, 7) is 4.08. The van der Waals surface area contributed by atoms with E-state index in [9.17, 15) is 9.59 Å². The lowest BCUT2D eigenvalue weighted by Crippen LogP contribution is -2.36. The molecule has 7 heteroatoms. The molecule has 1 heterocycles. The summed E-state index contributed by atoms with van der Waals surface area (Å²) in [6, 6.07) is 5.30. The number of anilines is 1. The highest BCUT2D eigenvalue weighted by atomic mass is 16.5. The van der Waals surface area contributed by atoms with Gasteiger partial charge in [-0.2, -0.15) is 0 Å². The molecule has 1 aliphatic rings. The predicted octanol–water partition coefficient (Wildman–Crippen LogP) is 1.34. The first-order valence-corrected chi connectivity index (χ1v) is 8.12. The molecule has 3 atom stereocenters. The number of ether oxygens (including phenoxy) is 2. The van der Waals surface area contributed by atoms with Crippen LogP contribution >= 0.6 is 0 Å². The van der Waals surface area contributed by atoms with Crippen molar-refractivity contribution in [1.82, 2.24) is 5.32 Å². The first kappa shape index (κ1) is 18.2. The summed E-state index contributed by atoms with van der Waals surface area (Å²) in [6.07, 6.45) is 0.0423. The predicted molar refractivity (Wildman–Crippen MR) is 90.8 cm³/mol. The molecule has 3 unspecified atom stereocenters. The van der Waals surface area contributed by atoms with Crippen LogP contribution < -0.4 is 21.1 Å². The molecule has 1 aromatic carbocycles. The summed E-state index contributed by atoms with van der Waals surface area (Å²) in [7, 11) is 1.54. The van der Waals surface area contributed by atoms with Crippen molar-refractivity contribution in [2.75, 3.05) is 19.0 Å². The Balaban J connectivity index is 2.04. The van der Waals surface area contributed by atoms with E-state index >= 15 is 0 Å². The smallest absolute Gasteiger partial charge is 0.265 e. The minimum atomic E-state index is -0.482. The Morgan fingerprint density at radius 3 is 2.88 bits per heavy atom. The molecule has 0 aliphatic carbocycles. The Labute approximate surface area is 141 Å². The van der Waals surface area contributed by atoms with Gasteiger partial charge in [-0.25, -0.2) is 0 Å². The largest absolute Gasteiger partial charge is 0.478 e. The first-order chi connectivity index (χ1) is 11.5. The second-order valence-corrected chi connectivity index (χ2v) is 5.85. The number of hydrogen-bond acceptors (Lipinski definition) is 5. The van der Waals surface area contributed by atoms with Gasteiger partial charge in [0.1, 0.15) is 5.75 Å². The molecule has 0 radical (unpaired) electrons. The molecule has 2 amide bonds. The Kier molecular flexibility index (Phi) is 6.16. The quantitative estimate of drug-likeness (QED) is 0.698. The molecule has 1 aromatic rings. The maximum Gasteiger partial charge on any atom is 0.265 e. The zero-order valence-corrected chi connectivity index (χ0v) is 14.3. The van der Waals surface area contributed by atoms with Crippen LogP contribution in [-0.2, 0) is 14.3 Å². The zero-order chi connectivity index (χ0) is 17.7. The van der Waals surface area contributed by atoms with Gasteiger partial charge in [0, 0.05) is 13.7 Å². The highest BCUT2D eigenvalue weighted by molar-refractivity contribution is 5.97. The molecular weight excluding hydrogens is 310 g/mol. The minimum absolute atomic E-state index is 0.127. The summed E-state index contributed by atoms with van der Waals surface area (Å²) < 4.78 is 10.8. The SMILES string of the molecule is CCC1Oc2cc(C(C)NC(=O)CC(CN)OC)ccc2NC1=O. The summed E-state index contributed by atoms with van der Waals surface area (Å²) in [5.41, 5.74) is 7.08. The number of carbonyl (C=O) groups is 2. The second-order valence-electron chi connectivity index (χ2n) is 5.85. The maximum atomic E-state index is 12.1. The molecule has 0 saturated carbocycles. The van der Waals surface area contributed by atoms with E-state index in [1.165, 1.54) is 7.11 Å². The summed E-state index contributed by atoms with van der Waals surface area (Å²) in [5.74, 6) is 0.362. The number of amides is 2. The van der Waals surface area contributed by atoms with Gasteiger partial charge in [-0.05, 0) is 31.0 Å². The van der Waals surface area contributed by atoms with Gasteiger partial charge in [0.25, 0.3) is 5.91 Å². The van der Waals surface area contributed by atoms with Gasteiger partial charge in [-0.15, -0.1) is 0 Å². The van der Waals surface area contributed by atoms with Gasteiger partial charge in [0.15, 0.2) is 6.10 Å². The van der Waals surface area contributed by atoms with E-state index in [0.717, 1.165) is 5.56 Å². The highest BCUT2D eigenvalue weighted by Crippen LogP contribution is 2.32. The molecule has 4 N–H and O–H groups in total.